The van der Waals surface area contributed by atoms with Crippen LogP contribution in [0, 0.1) is 0 Å². The van der Waals surface area contributed by atoms with Crippen molar-refractivity contribution in [3.8, 4) is 11.5 Å². The molecule has 3 aromatic rings. The summed E-state index contributed by atoms with van der Waals surface area (Å²) in [6.45, 7) is 0. The molecular formula is C19H12Cl4O5S. The van der Waals surface area contributed by atoms with Crippen molar-refractivity contribution in [2.75, 3.05) is 0 Å². The van der Waals surface area contributed by atoms with E-state index in [9.17, 15) is 23.2 Å². The number of aromatic hydroxyl groups is 2. The number of hydrogen-bond acceptors (Lipinski definition) is 4. The maximum Gasteiger partial charge on any atom is 0.283 e. The molecule has 0 saturated carbocycles. The van der Waals surface area contributed by atoms with Crippen LogP contribution < -0.4 is 0 Å². The first-order valence-corrected chi connectivity index (χ1v) is 10.9. The van der Waals surface area contributed by atoms with E-state index in [0.717, 1.165) is 12.1 Å². The highest BCUT2D eigenvalue weighted by Gasteiger charge is 2.53. The molecular weight excluding hydrogens is 482 g/mol. The molecule has 0 amide bonds. The van der Waals surface area contributed by atoms with Crippen LogP contribution in [0.4, 0.5) is 0 Å². The lowest BCUT2D eigenvalue weighted by Crippen LogP contribution is -2.38. The maximum atomic E-state index is 13.0. The molecule has 0 saturated heterocycles. The third-order valence-electron chi connectivity index (χ3n) is 4.41. The van der Waals surface area contributed by atoms with Crippen molar-refractivity contribution in [2.45, 2.75) is 4.75 Å². The molecule has 5 nitrogen and oxygen atoms in total. The molecule has 152 valence electrons. The first-order valence-electron chi connectivity index (χ1n) is 7.90. The molecule has 29 heavy (non-hydrogen) atoms. The summed E-state index contributed by atoms with van der Waals surface area (Å²) in [6, 6.07) is 12.2. The lowest BCUT2D eigenvalue weighted by atomic mass is 9.83. The van der Waals surface area contributed by atoms with Gasteiger partial charge in [-0.05, 0) is 23.8 Å². The zero-order valence-electron chi connectivity index (χ0n) is 14.3. The van der Waals surface area contributed by atoms with Crippen LogP contribution in [-0.2, 0) is 14.9 Å². The van der Waals surface area contributed by atoms with E-state index in [-0.39, 0.29) is 31.2 Å². The first kappa shape index (κ1) is 22.0. The minimum Gasteiger partial charge on any atom is -0.508 e. The van der Waals surface area contributed by atoms with Crippen molar-refractivity contribution in [3.05, 3.63) is 91.4 Å². The minimum absolute atomic E-state index is 0.0179. The Kier molecular flexibility index (Phi) is 5.98. The Morgan fingerprint density at radius 1 is 0.828 bits per heavy atom. The van der Waals surface area contributed by atoms with Gasteiger partial charge in [-0.25, -0.2) is 0 Å². The average molecular weight is 494 g/mol. The van der Waals surface area contributed by atoms with Gasteiger partial charge in [0.15, 0.2) is 4.75 Å². The van der Waals surface area contributed by atoms with Crippen LogP contribution in [0.5, 0.6) is 11.5 Å². The molecule has 3 N–H and O–H groups in total. The molecule has 0 bridgehead atoms. The smallest absolute Gasteiger partial charge is 0.283 e. The van der Waals surface area contributed by atoms with E-state index in [0.29, 0.717) is 0 Å². The van der Waals surface area contributed by atoms with Crippen LogP contribution in [0.2, 0.25) is 20.1 Å². The van der Waals surface area contributed by atoms with Crippen LogP contribution in [-0.4, -0.2) is 23.2 Å². The van der Waals surface area contributed by atoms with Crippen molar-refractivity contribution >= 4 is 56.5 Å². The van der Waals surface area contributed by atoms with E-state index in [1.54, 1.807) is 6.07 Å². The van der Waals surface area contributed by atoms with Gasteiger partial charge in [-0.15, -0.1) is 0 Å². The Morgan fingerprint density at radius 2 is 1.45 bits per heavy atom. The van der Waals surface area contributed by atoms with Gasteiger partial charge in [-0.3, -0.25) is 4.55 Å². The Bertz CT molecular complexity index is 1200. The van der Waals surface area contributed by atoms with E-state index in [2.05, 4.69) is 0 Å². The van der Waals surface area contributed by atoms with Crippen molar-refractivity contribution in [2.24, 2.45) is 0 Å². The fourth-order valence-corrected chi connectivity index (χ4v) is 5.56. The van der Waals surface area contributed by atoms with Gasteiger partial charge in [0.25, 0.3) is 10.1 Å². The highest BCUT2D eigenvalue weighted by molar-refractivity contribution is 7.87. The van der Waals surface area contributed by atoms with Gasteiger partial charge in [-0.1, -0.05) is 82.8 Å². The van der Waals surface area contributed by atoms with Crippen LogP contribution in [0.1, 0.15) is 16.7 Å². The highest BCUT2D eigenvalue weighted by atomic mass is 35.5. The van der Waals surface area contributed by atoms with Gasteiger partial charge < -0.3 is 10.2 Å². The Labute approximate surface area is 186 Å². The van der Waals surface area contributed by atoms with E-state index >= 15 is 0 Å². The quantitative estimate of drug-likeness (QED) is 0.239. The van der Waals surface area contributed by atoms with Crippen molar-refractivity contribution < 1.29 is 23.2 Å². The fourth-order valence-electron chi connectivity index (χ4n) is 3.24. The SMILES string of the molecule is O=S(=O)(O)C(c1ccccc1)(c1ccc(Cl)cc1O)c1c(Cl)cc(Cl)c(Cl)c1O. The number of phenols is 2. The molecule has 0 aliphatic carbocycles. The van der Waals surface area contributed by atoms with Crippen LogP contribution in [0.3, 0.4) is 0 Å². The summed E-state index contributed by atoms with van der Waals surface area (Å²) in [5.74, 6) is -1.32. The van der Waals surface area contributed by atoms with Gasteiger partial charge in [0.2, 0.25) is 0 Å². The molecule has 0 aliphatic rings. The third-order valence-corrected chi connectivity index (χ3v) is 7.15. The second-order valence-electron chi connectivity index (χ2n) is 6.06. The zero-order chi connectivity index (χ0) is 21.6. The molecule has 0 radical (unpaired) electrons. The molecule has 1 atom stereocenters. The highest BCUT2D eigenvalue weighted by Crippen LogP contribution is 2.54. The number of benzene rings is 3. The van der Waals surface area contributed by atoms with E-state index < -0.39 is 31.9 Å². The predicted molar refractivity (Wildman–Crippen MR) is 114 cm³/mol. The molecule has 3 aromatic carbocycles. The molecule has 10 heteroatoms. The fraction of sp³-hybridized carbons (Fsp3) is 0.0526. The van der Waals surface area contributed by atoms with Crippen LogP contribution >= 0.6 is 46.4 Å². The number of halogens is 4. The van der Waals surface area contributed by atoms with Gasteiger partial charge >= 0.3 is 0 Å². The minimum atomic E-state index is -5.14. The molecule has 0 spiro atoms. The molecule has 0 aliphatic heterocycles. The van der Waals surface area contributed by atoms with E-state index in [1.807, 2.05) is 0 Å². The van der Waals surface area contributed by atoms with Crippen LogP contribution in [0.15, 0.2) is 54.6 Å². The number of phenolic OH excluding ortho intramolecular Hbond substituents is 2. The van der Waals surface area contributed by atoms with Crippen LogP contribution in [0.25, 0.3) is 0 Å². The summed E-state index contributed by atoms with van der Waals surface area (Å²) in [5.41, 5.74) is -0.790. The number of hydrogen-bond donors (Lipinski definition) is 3. The summed E-state index contributed by atoms with van der Waals surface area (Å²) in [6.07, 6.45) is 0. The van der Waals surface area contributed by atoms with E-state index in [1.165, 1.54) is 36.4 Å². The van der Waals surface area contributed by atoms with Gasteiger partial charge in [0.1, 0.15) is 16.5 Å². The summed E-state index contributed by atoms with van der Waals surface area (Å²) < 4.78 is 33.8. The summed E-state index contributed by atoms with van der Waals surface area (Å²) in [7, 11) is -5.14. The molecule has 0 heterocycles. The Morgan fingerprint density at radius 3 is 2.00 bits per heavy atom. The maximum absolute atomic E-state index is 13.0. The lowest BCUT2D eigenvalue weighted by molar-refractivity contribution is 0.428. The molecule has 0 aromatic heterocycles. The largest absolute Gasteiger partial charge is 0.508 e. The predicted octanol–water partition coefficient (Wildman–Crippen LogP) is 5.89. The molecule has 3 rings (SSSR count). The average Bonchev–Trinajstić information content (AvgIpc) is 2.64. The summed E-state index contributed by atoms with van der Waals surface area (Å²) in [4.78, 5) is 0. The van der Waals surface area contributed by atoms with E-state index in [4.69, 9.17) is 46.4 Å². The summed E-state index contributed by atoms with van der Waals surface area (Å²) >= 11 is 24.2. The lowest BCUT2D eigenvalue weighted by Gasteiger charge is -2.34. The van der Waals surface area contributed by atoms with Gasteiger partial charge in [0.05, 0.1) is 10.0 Å². The van der Waals surface area contributed by atoms with Gasteiger partial charge in [-0.2, -0.15) is 8.42 Å². The number of rotatable bonds is 4. The van der Waals surface area contributed by atoms with Gasteiger partial charge in [0, 0.05) is 16.1 Å². The first-order chi connectivity index (χ1) is 13.5. The third kappa shape index (κ3) is 3.54. The Hall–Kier alpha value is -1.67. The monoisotopic (exact) mass is 492 g/mol. The zero-order valence-corrected chi connectivity index (χ0v) is 18.1. The Balaban J connectivity index is 2.65. The molecule has 0 fully saturated rings. The topological polar surface area (TPSA) is 94.8 Å². The van der Waals surface area contributed by atoms with Crippen molar-refractivity contribution in [1.82, 2.24) is 0 Å². The normalized spacial score (nSPS) is 13.8. The standard InChI is InChI=1S/C19H12Cl4O5S/c20-11-6-7-12(15(24)8-11)19(29(26,27)28,10-4-2-1-3-5-10)16-13(21)9-14(22)17(23)18(16)25/h1-9,24-25H,(H,26,27,28). The van der Waals surface area contributed by atoms with Crippen molar-refractivity contribution in [3.63, 3.8) is 0 Å². The second-order valence-corrected chi connectivity index (χ2v) is 9.25. The second kappa shape index (κ2) is 7.87. The molecule has 1 unspecified atom stereocenters. The van der Waals surface area contributed by atoms with Crippen molar-refractivity contribution in [1.29, 1.82) is 0 Å². The summed E-state index contributed by atoms with van der Waals surface area (Å²) in [5, 5.41) is 20.6.